The van der Waals surface area contributed by atoms with E-state index < -0.39 is 15.6 Å². The van der Waals surface area contributed by atoms with Crippen LogP contribution in [0, 0.1) is 13.8 Å². The van der Waals surface area contributed by atoms with Crippen LogP contribution in [0.5, 0.6) is 0 Å². The van der Waals surface area contributed by atoms with Gasteiger partial charge in [0.1, 0.15) is 5.82 Å². The van der Waals surface area contributed by atoms with Crippen LogP contribution in [-0.4, -0.2) is 35.6 Å². The summed E-state index contributed by atoms with van der Waals surface area (Å²) in [6.45, 7) is 3.90. The largest absolute Gasteiger partial charge is 0.389 e. The van der Waals surface area contributed by atoms with Crippen molar-refractivity contribution in [3.8, 4) is 22.4 Å². The van der Waals surface area contributed by atoms with Crippen LogP contribution in [0.25, 0.3) is 22.4 Å². The zero-order valence-electron chi connectivity index (χ0n) is 16.4. The molecule has 1 fully saturated rings. The highest BCUT2D eigenvalue weighted by molar-refractivity contribution is 7.89. The lowest BCUT2D eigenvalue weighted by Crippen LogP contribution is -2.33. The molecule has 0 bridgehead atoms. The molecule has 1 aliphatic rings. The van der Waals surface area contributed by atoms with Crippen molar-refractivity contribution in [2.24, 2.45) is 0 Å². The number of anilines is 1. The Labute approximate surface area is 170 Å². The minimum absolute atomic E-state index is 0.0261. The van der Waals surface area contributed by atoms with Crippen molar-refractivity contribution in [2.75, 3.05) is 12.3 Å². The molecule has 2 aromatic heterocycles. The van der Waals surface area contributed by atoms with E-state index in [1.165, 1.54) is 0 Å². The van der Waals surface area contributed by atoms with Crippen molar-refractivity contribution in [1.82, 2.24) is 14.7 Å². The van der Waals surface area contributed by atoms with Crippen LogP contribution in [-0.2, 0) is 10.0 Å². The van der Waals surface area contributed by atoms with Gasteiger partial charge in [0, 0.05) is 35.3 Å². The van der Waals surface area contributed by atoms with Gasteiger partial charge < -0.3 is 15.8 Å². The maximum Gasteiger partial charge on any atom is 0.240 e. The number of nitrogens with one attached hydrogen (secondary N) is 2. The van der Waals surface area contributed by atoms with Crippen molar-refractivity contribution in [2.45, 2.75) is 37.2 Å². The van der Waals surface area contributed by atoms with Gasteiger partial charge in [-0.2, -0.15) is 0 Å². The van der Waals surface area contributed by atoms with Gasteiger partial charge in [-0.05, 0) is 68.1 Å². The lowest BCUT2D eigenvalue weighted by atomic mass is 10.00. The van der Waals surface area contributed by atoms with Crippen LogP contribution >= 0.6 is 0 Å². The maximum atomic E-state index is 12.7. The average molecular weight is 413 g/mol. The molecule has 4 rings (SSSR count). The predicted octanol–water partition coefficient (Wildman–Crippen LogP) is 2.75. The van der Waals surface area contributed by atoms with E-state index in [4.69, 9.17) is 5.73 Å². The van der Waals surface area contributed by atoms with Crippen LogP contribution < -0.4 is 10.5 Å². The number of nitrogens with two attached hydrogens (primary N) is 1. The number of hydrogen-bond acceptors (Lipinski definition) is 5. The van der Waals surface area contributed by atoms with Gasteiger partial charge in [0.2, 0.25) is 10.0 Å². The van der Waals surface area contributed by atoms with Crippen molar-refractivity contribution >= 4 is 15.8 Å². The first kappa shape index (κ1) is 19.6. The number of H-pyrrole nitrogens is 1. The van der Waals surface area contributed by atoms with E-state index in [2.05, 4.69) is 14.7 Å². The van der Waals surface area contributed by atoms with Gasteiger partial charge in [0.05, 0.1) is 10.5 Å². The SMILES string of the molecule is Cc1ccc(-c2cc(-c3cc(S(=O)(=O)NCC4(O)CC4)ccc3C)cnc2N)[nH]1. The van der Waals surface area contributed by atoms with Crippen LogP contribution in [0.15, 0.2) is 47.5 Å². The van der Waals surface area contributed by atoms with E-state index in [9.17, 15) is 13.5 Å². The zero-order valence-corrected chi connectivity index (χ0v) is 17.2. The summed E-state index contributed by atoms with van der Waals surface area (Å²) in [5.74, 6) is 0.399. The summed E-state index contributed by atoms with van der Waals surface area (Å²) in [4.78, 5) is 7.71. The molecular formula is C21H24N4O3S. The van der Waals surface area contributed by atoms with E-state index in [1.54, 1.807) is 24.4 Å². The van der Waals surface area contributed by atoms with E-state index in [-0.39, 0.29) is 11.4 Å². The maximum absolute atomic E-state index is 12.7. The summed E-state index contributed by atoms with van der Waals surface area (Å²) >= 11 is 0. The molecule has 0 radical (unpaired) electrons. The quantitative estimate of drug-likeness (QED) is 0.496. The second-order valence-electron chi connectivity index (χ2n) is 7.74. The number of aromatic amines is 1. The van der Waals surface area contributed by atoms with E-state index >= 15 is 0 Å². The van der Waals surface area contributed by atoms with Crippen LogP contribution in [0.3, 0.4) is 0 Å². The minimum atomic E-state index is -3.73. The summed E-state index contributed by atoms with van der Waals surface area (Å²) < 4.78 is 27.9. The fraction of sp³-hybridized carbons (Fsp3) is 0.286. The van der Waals surface area contributed by atoms with Gasteiger partial charge >= 0.3 is 0 Å². The number of nitrogen functional groups attached to an aromatic ring is 1. The minimum Gasteiger partial charge on any atom is -0.389 e. The Morgan fingerprint density at radius 1 is 1.17 bits per heavy atom. The standard InChI is InChI=1S/C21H24N4O3S/c1-13-3-5-16(29(27,28)24-12-21(26)7-8-21)10-17(13)15-9-18(20(22)23-11-15)19-6-4-14(2)25-19/h3-6,9-11,24-26H,7-8,12H2,1-2H3,(H2,22,23). The number of rotatable bonds is 6. The van der Waals surface area contributed by atoms with Crippen LogP contribution in [0.4, 0.5) is 5.82 Å². The number of aliphatic hydroxyl groups is 1. The molecule has 1 saturated carbocycles. The lowest BCUT2D eigenvalue weighted by molar-refractivity contribution is 0.155. The summed E-state index contributed by atoms with van der Waals surface area (Å²) in [5, 5.41) is 9.93. The highest BCUT2D eigenvalue weighted by atomic mass is 32.2. The second-order valence-corrected chi connectivity index (χ2v) is 9.50. The van der Waals surface area contributed by atoms with Crippen molar-refractivity contribution < 1.29 is 13.5 Å². The number of hydrogen-bond donors (Lipinski definition) is 4. The Kier molecular flexibility index (Phi) is 4.72. The molecule has 1 aliphatic carbocycles. The highest BCUT2D eigenvalue weighted by Crippen LogP contribution is 2.35. The van der Waals surface area contributed by atoms with Gasteiger partial charge in [-0.15, -0.1) is 0 Å². The molecule has 2 heterocycles. The highest BCUT2D eigenvalue weighted by Gasteiger charge is 2.41. The molecule has 1 aromatic carbocycles. The zero-order chi connectivity index (χ0) is 20.8. The smallest absolute Gasteiger partial charge is 0.240 e. The van der Waals surface area contributed by atoms with Crippen LogP contribution in [0.1, 0.15) is 24.1 Å². The lowest BCUT2D eigenvalue weighted by Gasteiger charge is -2.13. The molecule has 0 unspecified atom stereocenters. The van der Waals surface area contributed by atoms with Crippen molar-refractivity contribution in [1.29, 1.82) is 0 Å². The molecule has 8 heteroatoms. The average Bonchev–Trinajstić information content (AvgIpc) is 3.27. The molecule has 0 spiro atoms. The van der Waals surface area contributed by atoms with Crippen LogP contribution in [0.2, 0.25) is 0 Å². The van der Waals surface area contributed by atoms with Gasteiger partial charge in [0.15, 0.2) is 0 Å². The van der Waals surface area contributed by atoms with Gasteiger partial charge in [-0.3, -0.25) is 0 Å². The number of aromatic nitrogens is 2. The monoisotopic (exact) mass is 412 g/mol. The molecule has 0 atom stereocenters. The Morgan fingerprint density at radius 3 is 2.59 bits per heavy atom. The normalized spacial score (nSPS) is 15.4. The van der Waals surface area contributed by atoms with Gasteiger partial charge in [-0.1, -0.05) is 6.07 Å². The fourth-order valence-electron chi connectivity index (χ4n) is 3.21. The Hall–Kier alpha value is -2.68. The number of pyridine rings is 1. The molecule has 5 N–H and O–H groups in total. The third kappa shape index (κ3) is 4.05. The first-order chi connectivity index (χ1) is 13.7. The van der Waals surface area contributed by atoms with Gasteiger partial charge in [-0.25, -0.2) is 18.1 Å². The molecule has 0 amide bonds. The molecule has 152 valence electrons. The first-order valence-electron chi connectivity index (χ1n) is 9.41. The summed E-state index contributed by atoms with van der Waals surface area (Å²) in [7, 11) is -3.73. The molecule has 29 heavy (non-hydrogen) atoms. The molecule has 7 nitrogen and oxygen atoms in total. The van der Waals surface area contributed by atoms with E-state index in [0.717, 1.165) is 33.6 Å². The number of benzene rings is 1. The van der Waals surface area contributed by atoms with Gasteiger partial charge in [0.25, 0.3) is 0 Å². The molecule has 0 saturated heterocycles. The predicted molar refractivity (Wildman–Crippen MR) is 113 cm³/mol. The van der Waals surface area contributed by atoms with E-state index in [1.807, 2.05) is 32.0 Å². The Bertz CT molecular complexity index is 1180. The first-order valence-corrected chi connectivity index (χ1v) is 10.9. The summed E-state index contributed by atoms with van der Waals surface area (Å²) in [6, 6.07) is 10.8. The van der Waals surface area contributed by atoms with E-state index in [0.29, 0.717) is 18.7 Å². The topological polar surface area (TPSA) is 121 Å². The third-order valence-electron chi connectivity index (χ3n) is 5.29. The Balaban J connectivity index is 1.71. The van der Waals surface area contributed by atoms with Crippen molar-refractivity contribution in [3.05, 3.63) is 53.9 Å². The number of sulfonamides is 1. The fourth-order valence-corrected chi connectivity index (χ4v) is 4.36. The Morgan fingerprint density at radius 2 is 1.93 bits per heavy atom. The molecular weight excluding hydrogens is 388 g/mol. The van der Waals surface area contributed by atoms with Crippen molar-refractivity contribution in [3.63, 3.8) is 0 Å². The third-order valence-corrected chi connectivity index (χ3v) is 6.69. The molecule has 0 aliphatic heterocycles. The number of nitrogens with zero attached hydrogens (tertiary/aromatic N) is 1. The second kappa shape index (κ2) is 6.98. The number of aryl methyl sites for hydroxylation is 2. The summed E-state index contributed by atoms with van der Waals surface area (Å²) in [6.07, 6.45) is 2.88. The summed E-state index contributed by atoms with van der Waals surface area (Å²) in [5.41, 5.74) is 10.3. The molecule has 3 aromatic rings.